The fourth-order valence-electron chi connectivity index (χ4n) is 2.26. The summed E-state index contributed by atoms with van der Waals surface area (Å²) < 4.78 is 9.66. The van der Waals surface area contributed by atoms with E-state index in [-0.39, 0.29) is 6.42 Å². The lowest BCUT2D eigenvalue weighted by Crippen LogP contribution is -2.22. The zero-order valence-electron chi connectivity index (χ0n) is 15.0. The van der Waals surface area contributed by atoms with E-state index in [9.17, 15) is 14.4 Å². The fourth-order valence-corrected chi connectivity index (χ4v) is 2.26. The number of carbonyl (C=O) groups excluding carboxylic acids is 3. The van der Waals surface area contributed by atoms with E-state index in [2.05, 4.69) is 10.1 Å². The van der Waals surface area contributed by atoms with Crippen LogP contribution in [0.3, 0.4) is 0 Å². The molecule has 2 aromatic rings. The van der Waals surface area contributed by atoms with Crippen molar-refractivity contribution in [1.82, 2.24) is 0 Å². The third-order valence-corrected chi connectivity index (χ3v) is 3.77. The number of hydrogen-bond donors (Lipinski definition) is 1. The minimum atomic E-state index is -0.495. The summed E-state index contributed by atoms with van der Waals surface area (Å²) in [5.74, 6) is -1.46. The molecule has 2 rings (SSSR count). The maximum Gasteiger partial charge on any atom is 0.337 e. The van der Waals surface area contributed by atoms with Gasteiger partial charge in [0.2, 0.25) is 0 Å². The predicted molar refractivity (Wildman–Crippen MR) is 97.0 cm³/mol. The second-order valence-electron chi connectivity index (χ2n) is 5.89. The molecule has 6 nitrogen and oxygen atoms in total. The van der Waals surface area contributed by atoms with Crippen LogP contribution in [0.4, 0.5) is 5.69 Å². The Bertz CT molecular complexity index is 811. The van der Waals surface area contributed by atoms with Crippen molar-refractivity contribution in [2.24, 2.45) is 0 Å². The molecule has 0 aliphatic rings. The van der Waals surface area contributed by atoms with Crippen LogP contribution in [0.1, 0.15) is 27.0 Å². The van der Waals surface area contributed by atoms with Crippen molar-refractivity contribution in [3.63, 3.8) is 0 Å². The maximum atomic E-state index is 12.0. The van der Waals surface area contributed by atoms with Crippen molar-refractivity contribution in [3.05, 3.63) is 64.7 Å². The maximum absolute atomic E-state index is 12.0. The molecule has 0 spiro atoms. The van der Waals surface area contributed by atoms with Crippen LogP contribution in [-0.2, 0) is 25.5 Å². The van der Waals surface area contributed by atoms with Crippen molar-refractivity contribution < 1.29 is 23.9 Å². The van der Waals surface area contributed by atoms with E-state index in [0.29, 0.717) is 11.3 Å². The van der Waals surface area contributed by atoms with Crippen molar-refractivity contribution in [1.29, 1.82) is 0 Å². The molecule has 0 heterocycles. The molecule has 0 radical (unpaired) electrons. The fraction of sp³-hybridized carbons (Fsp3) is 0.250. The van der Waals surface area contributed by atoms with Crippen molar-refractivity contribution >= 4 is 23.5 Å². The van der Waals surface area contributed by atoms with Gasteiger partial charge in [0.25, 0.3) is 5.91 Å². The van der Waals surface area contributed by atoms with Gasteiger partial charge < -0.3 is 14.8 Å². The number of methoxy groups -OCH3 is 1. The smallest absolute Gasteiger partial charge is 0.337 e. The first kappa shape index (κ1) is 19.2. The first-order valence-electron chi connectivity index (χ1n) is 8.09. The summed E-state index contributed by atoms with van der Waals surface area (Å²) in [4.78, 5) is 35.4. The quantitative estimate of drug-likeness (QED) is 0.806. The van der Waals surface area contributed by atoms with E-state index >= 15 is 0 Å². The van der Waals surface area contributed by atoms with Crippen LogP contribution in [-0.4, -0.2) is 31.6 Å². The predicted octanol–water partition coefficient (Wildman–Crippen LogP) is 2.81. The van der Waals surface area contributed by atoms with Crippen LogP contribution < -0.4 is 5.32 Å². The molecular formula is C20H21NO5. The summed E-state index contributed by atoms with van der Waals surface area (Å²) in [5, 5.41) is 2.63. The Balaban J connectivity index is 1.89. The van der Waals surface area contributed by atoms with Gasteiger partial charge in [-0.1, -0.05) is 35.9 Å². The van der Waals surface area contributed by atoms with Gasteiger partial charge in [-0.2, -0.15) is 0 Å². The van der Waals surface area contributed by atoms with Gasteiger partial charge >= 0.3 is 11.9 Å². The molecule has 0 aromatic heterocycles. The van der Waals surface area contributed by atoms with Crippen LogP contribution in [0.15, 0.2) is 42.5 Å². The number of esters is 2. The van der Waals surface area contributed by atoms with Gasteiger partial charge in [0.15, 0.2) is 6.61 Å². The summed E-state index contributed by atoms with van der Waals surface area (Å²) in [6.45, 7) is 3.36. The van der Waals surface area contributed by atoms with E-state index < -0.39 is 24.5 Å². The average Bonchev–Trinajstić information content (AvgIpc) is 2.63. The largest absolute Gasteiger partial charge is 0.465 e. The molecule has 2 aromatic carbocycles. The number of amides is 1. The molecule has 0 saturated carbocycles. The summed E-state index contributed by atoms with van der Waals surface area (Å²) in [6.07, 6.45) is 0.102. The Hall–Kier alpha value is -3.15. The Labute approximate surface area is 152 Å². The first-order valence-corrected chi connectivity index (χ1v) is 8.09. The molecule has 6 heteroatoms. The summed E-state index contributed by atoms with van der Waals surface area (Å²) in [6, 6.07) is 12.3. The molecule has 0 atom stereocenters. The molecule has 26 heavy (non-hydrogen) atoms. The van der Waals surface area contributed by atoms with E-state index in [1.807, 2.05) is 31.2 Å². The number of anilines is 1. The van der Waals surface area contributed by atoms with Gasteiger partial charge in [0.05, 0.1) is 19.1 Å². The first-order chi connectivity index (χ1) is 12.4. The Morgan fingerprint density at radius 1 is 1.00 bits per heavy atom. The SMILES string of the molecule is COC(=O)c1ccc(C)c(NC(=O)COC(=O)Cc2ccc(C)cc2)c1. The van der Waals surface area contributed by atoms with Crippen molar-refractivity contribution in [3.8, 4) is 0 Å². The molecule has 0 aliphatic carbocycles. The molecule has 0 fully saturated rings. The molecule has 0 aliphatic heterocycles. The number of rotatable bonds is 6. The van der Waals surface area contributed by atoms with E-state index in [0.717, 1.165) is 16.7 Å². The number of carbonyl (C=O) groups is 3. The Morgan fingerprint density at radius 3 is 2.35 bits per heavy atom. The highest BCUT2D eigenvalue weighted by atomic mass is 16.5. The third-order valence-electron chi connectivity index (χ3n) is 3.77. The number of ether oxygens (including phenoxy) is 2. The van der Waals surface area contributed by atoms with Crippen molar-refractivity contribution in [2.75, 3.05) is 19.0 Å². The summed E-state index contributed by atoms with van der Waals surface area (Å²) in [7, 11) is 1.29. The van der Waals surface area contributed by atoms with Gasteiger partial charge in [-0.25, -0.2) is 4.79 Å². The molecule has 0 unspecified atom stereocenters. The van der Waals surface area contributed by atoms with Crippen molar-refractivity contribution in [2.45, 2.75) is 20.3 Å². The molecule has 1 amide bonds. The molecular weight excluding hydrogens is 334 g/mol. The second kappa shape index (κ2) is 8.80. The normalized spacial score (nSPS) is 10.1. The van der Waals surface area contributed by atoms with Gasteiger partial charge in [-0.3, -0.25) is 9.59 Å². The summed E-state index contributed by atoms with van der Waals surface area (Å²) >= 11 is 0. The van der Waals surface area contributed by atoms with Gasteiger partial charge in [0, 0.05) is 5.69 Å². The van der Waals surface area contributed by atoms with Crippen LogP contribution in [0.25, 0.3) is 0 Å². The number of nitrogens with one attached hydrogen (secondary N) is 1. The lowest BCUT2D eigenvalue weighted by Gasteiger charge is -2.10. The second-order valence-corrected chi connectivity index (χ2v) is 5.89. The van der Waals surface area contributed by atoms with Gasteiger partial charge in [-0.15, -0.1) is 0 Å². The van der Waals surface area contributed by atoms with E-state index in [1.165, 1.54) is 13.2 Å². The molecule has 136 valence electrons. The number of hydrogen-bond acceptors (Lipinski definition) is 5. The average molecular weight is 355 g/mol. The number of aryl methyl sites for hydroxylation is 2. The van der Waals surface area contributed by atoms with Gasteiger partial charge in [0.1, 0.15) is 0 Å². The number of benzene rings is 2. The van der Waals surface area contributed by atoms with Crippen LogP contribution in [0, 0.1) is 13.8 Å². The molecule has 0 saturated heterocycles. The highest BCUT2D eigenvalue weighted by Gasteiger charge is 2.12. The van der Waals surface area contributed by atoms with Gasteiger partial charge in [-0.05, 0) is 37.1 Å². The van der Waals surface area contributed by atoms with E-state index in [4.69, 9.17) is 4.74 Å². The monoisotopic (exact) mass is 355 g/mol. The molecule has 0 bridgehead atoms. The van der Waals surface area contributed by atoms with Crippen LogP contribution in [0.2, 0.25) is 0 Å². The lowest BCUT2D eigenvalue weighted by atomic mass is 10.1. The standard InChI is InChI=1S/C20H21NO5/c1-13-4-7-15(8-5-13)10-19(23)26-12-18(22)21-17-11-16(20(24)25-3)9-6-14(17)2/h4-9,11H,10,12H2,1-3H3,(H,21,22). The Morgan fingerprint density at radius 2 is 1.69 bits per heavy atom. The third kappa shape index (κ3) is 5.44. The minimum Gasteiger partial charge on any atom is -0.465 e. The minimum absolute atomic E-state index is 0.102. The molecule has 1 N–H and O–H groups in total. The highest BCUT2D eigenvalue weighted by molar-refractivity contribution is 5.96. The van der Waals surface area contributed by atoms with Crippen LogP contribution >= 0.6 is 0 Å². The van der Waals surface area contributed by atoms with E-state index in [1.54, 1.807) is 19.1 Å². The Kier molecular flexibility index (Phi) is 6.49. The zero-order chi connectivity index (χ0) is 19.1. The van der Waals surface area contributed by atoms with Crippen LogP contribution in [0.5, 0.6) is 0 Å². The summed E-state index contributed by atoms with van der Waals surface area (Å²) in [5.41, 5.74) is 3.49. The topological polar surface area (TPSA) is 81.7 Å². The zero-order valence-corrected chi connectivity index (χ0v) is 15.0. The highest BCUT2D eigenvalue weighted by Crippen LogP contribution is 2.17. The lowest BCUT2D eigenvalue weighted by molar-refractivity contribution is -0.146.